The highest BCUT2D eigenvalue weighted by atomic mass is 32.1. The van der Waals surface area contributed by atoms with Gasteiger partial charge in [-0.3, -0.25) is 4.79 Å². The van der Waals surface area contributed by atoms with Gasteiger partial charge < -0.3 is 14.5 Å². The number of nitrogens with one attached hydrogen (secondary N) is 1. The maximum absolute atomic E-state index is 13.0. The van der Waals surface area contributed by atoms with Crippen molar-refractivity contribution >= 4 is 22.9 Å². The zero-order valence-electron chi connectivity index (χ0n) is 15.5. The number of carbonyl (C=O) groups is 1. The Morgan fingerprint density at radius 2 is 2.10 bits per heavy atom. The molecule has 0 saturated heterocycles. The first-order valence-corrected chi connectivity index (χ1v) is 9.80. The summed E-state index contributed by atoms with van der Waals surface area (Å²) >= 11 is 1.49. The predicted molar refractivity (Wildman–Crippen MR) is 102 cm³/mol. The van der Waals surface area contributed by atoms with E-state index in [0.717, 1.165) is 17.7 Å². The number of nitrogens with zero attached hydrogens (tertiary/aromatic N) is 2. The summed E-state index contributed by atoms with van der Waals surface area (Å²) in [7, 11) is 0. The molecule has 10 heteroatoms. The minimum absolute atomic E-state index is 0.0252. The van der Waals surface area contributed by atoms with Gasteiger partial charge in [0, 0.05) is 23.8 Å². The van der Waals surface area contributed by atoms with Crippen molar-refractivity contribution in [3.8, 4) is 17.2 Å². The largest absolute Gasteiger partial charge is 0.491 e. The zero-order valence-corrected chi connectivity index (χ0v) is 16.3. The van der Waals surface area contributed by atoms with Crippen LogP contribution in [0.15, 0.2) is 39.4 Å². The Balaban J connectivity index is 1.66. The average molecular weight is 425 g/mol. The first kappa shape index (κ1) is 20.8. The molecular formula is C19H18F3N3O3S. The van der Waals surface area contributed by atoms with Crippen molar-refractivity contribution in [3.63, 3.8) is 0 Å². The highest BCUT2D eigenvalue weighted by Gasteiger charge is 2.31. The van der Waals surface area contributed by atoms with Crippen LogP contribution in [0.2, 0.25) is 0 Å². The highest BCUT2D eigenvalue weighted by Crippen LogP contribution is 2.35. The van der Waals surface area contributed by atoms with E-state index in [-0.39, 0.29) is 30.2 Å². The summed E-state index contributed by atoms with van der Waals surface area (Å²) in [6.07, 6.45) is -3.72. The molecule has 6 nitrogen and oxygen atoms in total. The van der Waals surface area contributed by atoms with Gasteiger partial charge in [-0.1, -0.05) is 6.92 Å². The van der Waals surface area contributed by atoms with Gasteiger partial charge in [0.15, 0.2) is 0 Å². The van der Waals surface area contributed by atoms with Crippen molar-refractivity contribution < 1.29 is 27.1 Å². The smallest absolute Gasteiger partial charge is 0.416 e. The number of anilines is 1. The lowest BCUT2D eigenvalue weighted by Gasteiger charge is -2.15. The number of alkyl halides is 3. The Bertz CT molecular complexity index is 955. The Hall–Kier alpha value is -2.88. The number of ether oxygens (including phenoxy) is 1. The fourth-order valence-corrected chi connectivity index (χ4v) is 3.06. The molecule has 29 heavy (non-hydrogen) atoms. The Labute approximate surface area is 168 Å². The SMILES string of the molecule is CCCOc1ccc(C(F)(F)F)cc1NC(=O)CCc1nnc(-c2ccsc2)o1. The number of rotatable bonds is 8. The second kappa shape index (κ2) is 9.08. The molecule has 154 valence electrons. The number of carbonyl (C=O) groups excluding carboxylic acids is 1. The van der Waals surface area contributed by atoms with E-state index < -0.39 is 17.6 Å². The summed E-state index contributed by atoms with van der Waals surface area (Å²) in [4.78, 5) is 12.3. The highest BCUT2D eigenvalue weighted by molar-refractivity contribution is 7.08. The average Bonchev–Trinajstić information content (AvgIpc) is 3.36. The van der Waals surface area contributed by atoms with Gasteiger partial charge in [0.25, 0.3) is 0 Å². The molecule has 0 aliphatic carbocycles. The molecule has 0 saturated carbocycles. The van der Waals surface area contributed by atoms with E-state index in [9.17, 15) is 18.0 Å². The van der Waals surface area contributed by atoms with Gasteiger partial charge in [0.1, 0.15) is 5.75 Å². The third-order valence-electron chi connectivity index (χ3n) is 3.84. The van der Waals surface area contributed by atoms with E-state index in [1.165, 1.54) is 17.4 Å². The fourth-order valence-electron chi connectivity index (χ4n) is 2.43. The summed E-state index contributed by atoms with van der Waals surface area (Å²) in [6, 6.07) is 4.83. The summed E-state index contributed by atoms with van der Waals surface area (Å²) in [5.41, 5.74) is -0.100. The third kappa shape index (κ3) is 5.57. The molecule has 0 atom stereocenters. The number of halogens is 3. The van der Waals surface area contributed by atoms with E-state index >= 15 is 0 Å². The molecule has 1 amide bonds. The molecular weight excluding hydrogens is 407 g/mol. The fraction of sp³-hybridized carbons (Fsp3) is 0.316. The van der Waals surface area contributed by atoms with Crippen LogP contribution in [-0.4, -0.2) is 22.7 Å². The molecule has 0 radical (unpaired) electrons. The molecule has 3 aromatic rings. The minimum atomic E-state index is -4.52. The minimum Gasteiger partial charge on any atom is -0.491 e. The summed E-state index contributed by atoms with van der Waals surface area (Å²) in [5.74, 6) is 0.328. The van der Waals surface area contributed by atoms with Gasteiger partial charge in [-0.15, -0.1) is 10.2 Å². The number of thiophene rings is 1. The van der Waals surface area contributed by atoms with Crippen molar-refractivity contribution in [2.45, 2.75) is 32.4 Å². The number of benzene rings is 1. The first-order chi connectivity index (χ1) is 13.9. The predicted octanol–water partition coefficient (Wildman–Crippen LogP) is 5.18. The molecule has 0 spiro atoms. The van der Waals surface area contributed by atoms with Crippen molar-refractivity contribution in [2.75, 3.05) is 11.9 Å². The molecule has 0 fully saturated rings. The molecule has 0 unspecified atom stereocenters. The van der Waals surface area contributed by atoms with E-state index in [1.54, 1.807) is 0 Å². The monoisotopic (exact) mass is 425 g/mol. The second-order valence-corrected chi connectivity index (χ2v) is 6.90. The van der Waals surface area contributed by atoms with E-state index in [0.29, 0.717) is 18.9 Å². The van der Waals surface area contributed by atoms with E-state index in [4.69, 9.17) is 9.15 Å². The number of aromatic nitrogens is 2. The molecule has 2 heterocycles. The number of amides is 1. The second-order valence-electron chi connectivity index (χ2n) is 6.12. The molecule has 0 aliphatic rings. The lowest BCUT2D eigenvalue weighted by molar-refractivity contribution is -0.137. The molecule has 1 N–H and O–H groups in total. The van der Waals surface area contributed by atoms with E-state index in [1.807, 2.05) is 23.8 Å². The summed E-state index contributed by atoms with van der Waals surface area (Å²) < 4.78 is 49.9. The van der Waals surface area contributed by atoms with Crippen LogP contribution >= 0.6 is 11.3 Å². The van der Waals surface area contributed by atoms with Crippen molar-refractivity contribution in [2.24, 2.45) is 0 Å². The lowest BCUT2D eigenvalue weighted by atomic mass is 10.1. The van der Waals surface area contributed by atoms with Gasteiger partial charge in [0.2, 0.25) is 17.7 Å². The van der Waals surface area contributed by atoms with Gasteiger partial charge >= 0.3 is 6.18 Å². The zero-order chi connectivity index (χ0) is 20.9. The normalized spacial score (nSPS) is 11.4. The lowest BCUT2D eigenvalue weighted by Crippen LogP contribution is -2.15. The van der Waals surface area contributed by atoms with Crippen LogP contribution in [0.5, 0.6) is 5.75 Å². The van der Waals surface area contributed by atoms with Crippen molar-refractivity contribution in [1.82, 2.24) is 10.2 Å². The Morgan fingerprint density at radius 3 is 2.79 bits per heavy atom. The standard InChI is InChI=1S/C19H18F3N3O3S/c1-2-8-27-15-4-3-13(19(20,21)22)10-14(15)23-16(26)5-6-17-24-25-18(28-17)12-7-9-29-11-12/h3-4,7,9-11H,2,5-6,8H2,1H3,(H,23,26). The van der Waals surface area contributed by atoms with Crippen LogP contribution in [0, 0.1) is 0 Å². The Kier molecular flexibility index (Phi) is 6.53. The molecule has 2 aromatic heterocycles. The van der Waals surface area contributed by atoms with Crippen LogP contribution < -0.4 is 10.1 Å². The molecule has 1 aromatic carbocycles. The number of aryl methyl sites for hydroxylation is 1. The topological polar surface area (TPSA) is 77.2 Å². The maximum atomic E-state index is 13.0. The Morgan fingerprint density at radius 1 is 1.28 bits per heavy atom. The molecule has 0 aliphatic heterocycles. The van der Waals surface area contributed by atoms with Crippen LogP contribution in [0.25, 0.3) is 11.5 Å². The van der Waals surface area contributed by atoms with Gasteiger partial charge in [-0.2, -0.15) is 24.5 Å². The van der Waals surface area contributed by atoms with Gasteiger partial charge in [-0.05, 0) is 36.1 Å². The number of hydrogen-bond donors (Lipinski definition) is 1. The van der Waals surface area contributed by atoms with E-state index in [2.05, 4.69) is 15.5 Å². The molecule has 3 rings (SSSR count). The van der Waals surface area contributed by atoms with Crippen molar-refractivity contribution in [1.29, 1.82) is 0 Å². The maximum Gasteiger partial charge on any atom is 0.416 e. The number of hydrogen-bond acceptors (Lipinski definition) is 6. The van der Waals surface area contributed by atoms with Crippen LogP contribution in [0.4, 0.5) is 18.9 Å². The van der Waals surface area contributed by atoms with Gasteiger partial charge in [0.05, 0.1) is 17.9 Å². The summed E-state index contributed by atoms with van der Waals surface area (Å²) in [5, 5.41) is 14.0. The van der Waals surface area contributed by atoms with Crippen molar-refractivity contribution in [3.05, 3.63) is 46.5 Å². The van der Waals surface area contributed by atoms with Crippen LogP contribution in [0.3, 0.4) is 0 Å². The quantitative estimate of drug-likeness (QED) is 0.538. The third-order valence-corrected chi connectivity index (χ3v) is 4.53. The van der Waals surface area contributed by atoms with Gasteiger partial charge in [-0.25, -0.2) is 0 Å². The van der Waals surface area contributed by atoms with Crippen LogP contribution in [-0.2, 0) is 17.4 Å². The summed E-state index contributed by atoms with van der Waals surface area (Å²) in [6.45, 7) is 2.19. The van der Waals surface area contributed by atoms with Crippen LogP contribution in [0.1, 0.15) is 31.2 Å². The first-order valence-electron chi connectivity index (χ1n) is 8.85. The molecule has 0 bridgehead atoms.